The third kappa shape index (κ3) is 3.95. The molecule has 0 radical (unpaired) electrons. The Kier molecular flexibility index (Phi) is 5.49. The van der Waals surface area contributed by atoms with Gasteiger partial charge in [-0.25, -0.2) is 4.79 Å². The highest BCUT2D eigenvalue weighted by Crippen LogP contribution is 2.29. The van der Waals surface area contributed by atoms with Gasteiger partial charge in [0.1, 0.15) is 11.5 Å². The molecule has 8 heteroatoms. The number of nitrogens with zero attached hydrogens (tertiary/aromatic N) is 1. The number of rotatable bonds is 6. The molecule has 23 heavy (non-hydrogen) atoms. The topological polar surface area (TPSA) is 92.8 Å². The van der Waals surface area contributed by atoms with E-state index in [9.17, 15) is 19.2 Å². The van der Waals surface area contributed by atoms with Crippen molar-refractivity contribution >= 4 is 40.0 Å². The summed E-state index contributed by atoms with van der Waals surface area (Å²) in [6, 6.07) is 1.68. The Morgan fingerprint density at radius 1 is 1.26 bits per heavy atom. The van der Waals surface area contributed by atoms with Gasteiger partial charge in [-0.2, -0.15) is 0 Å². The normalized spacial score (nSPS) is 14.3. The largest absolute Gasteiger partial charge is 0.462 e. The maximum absolute atomic E-state index is 12.1. The van der Waals surface area contributed by atoms with Gasteiger partial charge < -0.3 is 10.1 Å². The van der Waals surface area contributed by atoms with E-state index >= 15 is 0 Å². The molecule has 1 aromatic heterocycles. The molecule has 0 aromatic carbocycles. The molecule has 0 aliphatic carbocycles. The molecular formula is C15H18N2O5S. The van der Waals surface area contributed by atoms with Crippen molar-refractivity contribution in [3.05, 3.63) is 16.5 Å². The van der Waals surface area contributed by atoms with Crippen molar-refractivity contribution in [2.45, 2.75) is 33.1 Å². The van der Waals surface area contributed by atoms with Crippen molar-refractivity contribution < 1.29 is 23.9 Å². The molecule has 0 spiro atoms. The van der Waals surface area contributed by atoms with Crippen LogP contribution >= 0.6 is 11.3 Å². The molecule has 124 valence electrons. The number of esters is 1. The molecule has 3 amide bonds. The van der Waals surface area contributed by atoms with E-state index in [1.807, 2.05) is 6.92 Å². The quantitative estimate of drug-likeness (QED) is 0.628. The Bertz CT molecular complexity index is 636. The highest BCUT2D eigenvalue weighted by molar-refractivity contribution is 7.16. The monoisotopic (exact) mass is 338 g/mol. The summed E-state index contributed by atoms with van der Waals surface area (Å²) in [5, 5.41) is 2.98. The lowest BCUT2D eigenvalue weighted by Crippen LogP contribution is -2.36. The van der Waals surface area contributed by atoms with Gasteiger partial charge in [0.25, 0.3) is 0 Å². The van der Waals surface area contributed by atoms with Crippen molar-refractivity contribution in [1.29, 1.82) is 0 Å². The molecule has 2 heterocycles. The zero-order chi connectivity index (χ0) is 17.0. The Hall–Kier alpha value is -2.22. The molecule has 1 fully saturated rings. The summed E-state index contributed by atoms with van der Waals surface area (Å²) in [5.74, 6) is -1.72. The zero-order valence-corrected chi connectivity index (χ0v) is 13.8. The van der Waals surface area contributed by atoms with Crippen LogP contribution in [0.15, 0.2) is 6.07 Å². The highest BCUT2D eigenvalue weighted by Gasteiger charge is 2.31. The zero-order valence-electron chi connectivity index (χ0n) is 13.0. The van der Waals surface area contributed by atoms with E-state index in [1.54, 1.807) is 13.0 Å². The van der Waals surface area contributed by atoms with Crippen LogP contribution in [0.5, 0.6) is 0 Å². The van der Waals surface area contributed by atoms with Crippen LogP contribution in [0.1, 0.15) is 41.9 Å². The molecule has 1 N–H and O–H groups in total. The first-order chi connectivity index (χ1) is 11.0. The van der Waals surface area contributed by atoms with Crippen LogP contribution in [-0.2, 0) is 25.5 Å². The SMILES string of the molecule is CCOC(=O)c1cc(CC)sc1NC(=O)CN1C(=O)CCC1=O. The maximum atomic E-state index is 12.1. The second-order valence-electron chi connectivity index (χ2n) is 4.95. The van der Waals surface area contributed by atoms with Gasteiger partial charge in [-0.05, 0) is 19.4 Å². The summed E-state index contributed by atoms with van der Waals surface area (Å²) in [7, 11) is 0. The Labute approximate surface area is 137 Å². The molecule has 1 aromatic rings. The van der Waals surface area contributed by atoms with Crippen molar-refractivity contribution in [1.82, 2.24) is 4.90 Å². The second-order valence-corrected chi connectivity index (χ2v) is 6.09. The van der Waals surface area contributed by atoms with Crippen LogP contribution in [0.4, 0.5) is 5.00 Å². The number of nitrogens with one attached hydrogen (secondary N) is 1. The molecular weight excluding hydrogens is 320 g/mol. The Morgan fingerprint density at radius 3 is 2.48 bits per heavy atom. The summed E-state index contributed by atoms with van der Waals surface area (Å²) in [6.07, 6.45) is 0.994. The number of thiophene rings is 1. The minimum Gasteiger partial charge on any atom is -0.462 e. The summed E-state index contributed by atoms with van der Waals surface area (Å²) in [5.41, 5.74) is 0.293. The number of hydrogen-bond acceptors (Lipinski definition) is 6. The van der Waals surface area contributed by atoms with Gasteiger partial charge in [0.05, 0.1) is 12.2 Å². The fourth-order valence-electron chi connectivity index (χ4n) is 2.18. The van der Waals surface area contributed by atoms with E-state index in [1.165, 1.54) is 11.3 Å². The van der Waals surface area contributed by atoms with Crippen LogP contribution in [0.3, 0.4) is 0 Å². The summed E-state index contributed by atoms with van der Waals surface area (Å²) < 4.78 is 4.97. The predicted molar refractivity (Wildman–Crippen MR) is 84.2 cm³/mol. The maximum Gasteiger partial charge on any atom is 0.341 e. The lowest BCUT2D eigenvalue weighted by Gasteiger charge is -2.13. The fraction of sp³-hybridized carbons (Fsp3) is 0.467. The first-order valence-electron chi connectivity index (χ1n) is 7.39. The van der Waals surface area contributed by atoms with Gasteiger partial charge in [0.2, 0.25) is 17.7 Å². The molecule has 0 unspecified atom stereocenters. The first-order valence-corrected chi connectivity index (χ1v) is 8.20. The summed E-state index contributed by atoms with van der Waals surface area (Å²) in [4.78, 5) is 49.0. The van der Waals surface area contributed by atoms with E-state index in [-0.39, 0.29) is 37.8 Å². The lowest BCUT2D eigenvalue weighted by atomic mass is 10.2. The van der Waals surface area contributed by atoms with E-state index in [0.29, 0.717) is 10.6 Å². The number of amides is 3. The number of anilines is 1. The van der Waals surface area contributed by atoms with Gasteiger partial charge in [-0.15, -0.1) is 11.3 Å². The Balaban J connectivity index is 2.10. The fourth-order valence-corrected chi connectivity index (χ4v) is 3.18. The van der Waals surface area contributed by atoms with Gasteiger partial charge in [-0.1, -0.05) is 6.92 Å². The average Bonchev–Trinajstić information content (AvgIpc) is 3.05. The number of likely N-dealkylation sites (tertiary alicyclic amines) is 1. The Morgan fingerprint density at radius 2 is 1.91 bits per heavy atom. The molecule has 1 saturated heterocycles. The minimum absolute atomic E-state index is 0.138. The van der Waals surface area contributed by atoms with Gasteiger partial charge >= 0.3 is 5.97 Å². The highest BCUT2D eigenvalue weighted by atomic mass is 32.1. The van der Waals surface area contributed by atoms with E-state index in [2.05, 4.69) is 5.32 Å². The van der Waals surface area contributed by atoms with Gasteiger partial charge in [0.15, 0.2) is 0 Å². The van der Waals surface area contributed by atoms with E-state index in [0.717, 1.165) is 16.2 Å². The molecule has 1 aliphatic rings. The molecule has 1 aliphatic heterocycles. The van der Waals surface area contributed by atoms with E-state index in [4.69, 9.17) is 4.74 Å². The number of hydrogen-bond donors (Lipinski definition) is 1. The summed E-state index contributed by atoms with van der Waals surface area (Å²) in [6.45, 7) is 3.54. The number of carbonyl (C=O) groups excluding carboxylic acids is 4. The number of ether oxygens (including phenoxy) is 1. The lowest BCUT2D eigenvalue weighted by molar-refractivity contribution is -0.141. The van der Waals surface area contributed by atoms with Crippen LogP contribution in [0.25, 0.3) is 0 Å². The molecule has 0 saturated carbocycles. The van der Waals surface area contributed by atoms with Crippen LogP contribution in [0, 0.1) is 0 Å². The molecule has 7 nitrogen and oxygen atoms in total. The second kappa shape index (κ2) is 7.36. The van der Waals surface area contributed by atoms with Crippen molar-refractivity contribution in [2.24, 2.45) is 0 Å². The molecule has 0 atom stereocenters. The number of aryl methyl sites for hydroxylation is 1. The number of imide groups is 1. The van der Waals surface area contributed by atoms with Gasteiger partial charge in [-0.3, -0.25) is 19.3 Å². The predicted octanol–water partition coefficient (Wildman–Crippen LogP) is 1.57. The number of carbonyl (C=O) groups is 4. The van der Waals surface area contributed by atoms with Crippen LogP contribution in [-0.4, -0.2) is 41.7 Å². The van der Waals surface area contributed by atoms with Crippen molar-refractivity contribution in [3.63, 3.8) is 0 Å². The van der Waals surface area contributed by atoms with Crippen LogP contribution in [0.2, 0.25) is 0 Å². The minimum atomic E-state index is -0.511. The van der Waals surface area contributed by atoms with Crippen LogP contribution < -0.4 is 5.32 Å². The standard InChI is InChI=1S/C15H18N2O5S/c1-3-9-7-10(15(21)22-4-2)14(23-9)16-11(18)8-17-12(19)5-6-13(17)20/h7H,3-6,8H2,1-2H3,(H,16,18). The third-order valence-corrected chi connectivity index (χ3v) is 4.53. The smallest absolute Gasteiger partial charge is 0.341 e. The first kappa shape index (κ1) is 17.1. The van der Waals surface area contributed by atoms with E-state index < -0.39 is 11.9 Å². The van der Waals surface area contributed by atoms with Gasteiger partial charge in [0, 0.05) is 17.7 Å². The van der Waals surface area contributed by atoms with Crippen molar-refractivity contribution in [3.8, 4) is 0 Å². The average molecular weight is 338 g/mol. The molecule has 2 rings (SSSR count). The van der Waals surface area contributed by atoms with Crippen molar-refractivity contribution in [2.75, 3.05) is 18.5 Å². The summed E-state index contributed by atoms with van der Waals surface area (Å²) >= 11 is 1.28. The molecule has 0 bridgehead atoms. The third-order valence-electron chi connectivity index (χ3n) is 3.34.